The highest BCUT2D eigenvalue weighted by molar-refractivity contribution is 7.89. The maximum absolute atomic E-state index is 12.5. The zero-order chi connectivity index (χ0) is 23.1. The predicted molar refractivity (Wildman–Crippen MR) is 117 cm³/mol. The van der Waals surface area contributed by atoms with Crippen LogP contribution < -0.4 is 19.5 Å². The summed E-state index contributed by atoms with van der Waals surface area (Å²) in [6.07, 6.45) is -0.550. The normalized spacial score (nSPS) is 14.2. The second kappa shape index (κ2) is 10.5. The summed E-state index contributed by atoms with van der Waals surface area (Å²) in [7, 11) is -3.86. The van der Waals surface area contributed by atoms with Gasteiger partial charge in [0.2, 0.25) is 10.0 Å². The van der Waals surface area contributed by atoms with Gasteiger partial charge in [0.1, 0.15) is 0 Å². The maximum atomic E-state index is 12.5. The van der Waals surface area contributed by atoms with Crippen LogP contribution in [0.4, 0.5) is 5.69 Å². The average molecular weight is 463 g/mol. The Labute approximate surface area is 187 Å². The van der Waals surface area contributed by atoms with Gasteiger partial charge in [0.25, 0.3) is 5.91 Å². The SMILES string of the molecule is Cc1cccc(NC(=O)[C@H](C)OC(=O)CCNS(=O)(=O)c2ccc3c(c2)OCCCO3)c1. The van der Waals surface area contributed by atoms with E-state index in [-0.39, 0.29) is 17.9 Å². The summed E-state index contributed by atoms with van der Waals surface area (Å²) in [6.45, 7) is 4.10. The zero-order valence-corrected chi connectivity index (χ0v) is 18.7. The predicted octanol–water partition coefficient (Wildman–Crippen LogP) is 2.40. The van der Waals surface area contributed by atoms with Crippen molar-refractivity contribution in [1.29, 1.82) is 0 Å². The average Bonchev–Trinajstić information content (AvgIpc) is 2.98. The Hall–Kier alpha value is -3.11. The van der Waals surface area contributed by atoms with Gasteiger partial charge in [-0.2, -0.15) is 0 Å². The van der Waals surface area contributed by atoms with Crippen molar-refractivity contribution >= 4 is 27.6 Å². The van der Waals surface area contributed by atoms with Crippen LogP contribution in [0, 0.1) is 6.92 Å². The molecule has 1 aliphatic heterocycles. The number of amides is 1. The molecule has 0 fully saturated rings. The molecule has 1 atom stereocenters. The Kier molecular flexibility index (Phi) is 7.70. The fraction of sp³-hybridized carbons (Fsp3) is 0.364. The smallest absolute Gasteiger partial charge is 0.307 e. The number of esters is 1. The van der Waals surface area contributed by atoms with Crippen LogP contribution in [0.3, 0.4) is 0 Å². The number of hydrogen-bond acceptors (Lipinski definition) is 7. The molecule has 0 bridgehead atoms. The first-order valence-electron chi connectivity index (χ1n) is 10.2. The molecule has 0 unspecified atom stereocenters. The number of aryl methyl sites for hydroxylation is 1. The van der Waals surface area contributed by atoms with Gasteiger partial charge in [0, 0.05) is 24.7 Å². The third-order valence-electron chi connectivity index (χ3n) is 4.61. The molecule has 32 heavy (non-hydrogen) atoms. The van der Waals surface area contributed by atoms with Crippen molar-refractivity contribution in [1.82, 2.24) is 4.72 Å². The Bertz CT molecular complexity index is 1090. The van der Waals surface area contributed by atoms with E-state index in [4.69, 9.17) is 14.2 Å². The maximum Gasteiger partial charge on any atom is 0.307 e. The minimum atomic E-state index is -3.86. The van der Waals surface area contributed by atoms with Crippen molar-refractivity contribution in [2.45, 2.75) is 37.7 Å². The van der Waals surface area contributed by atoms with E-state index in [1.807, 2.05) is 13.0 Å². The first-order valence-corrected chi connectivity index (χ1v) is 11.7. The fourth-order valence-electron chi connectivity index (χ4n) is 2.96. The Morgan fingerprint density at radius 3 is 2.59 bits per heavy atom. The minimum absolute atomic E-state index is 0.000942. The number of fused-ring (bicyclic) bond motifs is 1. The zero-order valence-electron chi connectivity index (χ0n) is 17.9. The Balaban J connectivity index is 1.48. The van der Waals surface area contributed by atoms with E-state index in [1.165, 1.54) is 25.1 Å². The van der Waals surface area contributed by atoms with Gasteiger partial charge in [-0.05, 0) is 43.7 Å². The first-order chi connectivity index (χ1) is 15.2. The first kappa shape index (κ1) is 23.6. The van der Waals surface area contributed by atoms with Gasteiger partial charge < -0.3 is 19.5 Å². The number of sulfonamides is 1. The van der Waals surface area contributed by atoms with Gasteiger partial charge >= 0.3 is 5.97 Å². The summed E-state index contributed by atoms with van der Waals surface area (Å²) in [5, 5.41) is 2.67. The fourth-order valence-corrected chi connectivity index (χ4v) is 4.00. The summed E-state index contributed by atoms with van der Waals surface area (Å²) in [4.78, 5) is 24.2. The topological polar surface area (TPSA) is 120 Å². The molecule has 2 N–H and O–H groups in total. The number of carbonyl (C=O) groups excluding carboxylic acids is 2. The standard InChI is InChI=1S/C22H26N2O7S/c1-15-5-3-6-17(13-15)24-22(26)16(2)31-21(25)9-10-23-32(27,28)18-7-8-19-20(14-18)30-12-4-11-29-19/h3,5-8,13-14,16,23H,4,9-12H2,1-2H3,(H,24,26)/t16-/m0/s1. The van der Waals surface area contributed by atoms with Crippen LogP contribution in [0.2, 0.25) is 0 Å². The van der Waals surface area contributed by atoms with Crippen LogP contribution in [-0.2, 0) is 24.3 Å². The lowest BCUT2D eigenvalue weighted by Crippen LogP contribution is -2.32. The lowest BCUT2D eigenvalue weighted by molar-refractivity contribution is -0.152. The van der Waals surface area contributed by atoms with Crippen molar-refractivity contribution in [3.8, 4) is 11.5 Å². The molecule has 0 saturated carbocycles. The lowest BCUT2D eigenvalue weighted by atomic mass is 10.2. The van der Waals surface area contributed by atoms with E-state index in [2.05, 4.69) is 10.0 Å². The molecule has 3 rings (SSSR count). The monoisotopic (exact) mass is 462 g/mol. The van der Waals surface area contributed by atoms with Crippen LogP contribution in [0.1, 0.15) is 25.3 Å². The van der Waals surface area contributed by atoms with E-state index >= 15 is 0 Å². The highest BCUT2D eigenvalue weighted by Gasteiger charge is 2.21. The molecule has 0 aromatic heterocycles. The Morgan fingerprint density at radius 2 is 1.84 bits per heavy atom. The third kappa shape index (κ3) is 6.44. The van der Waals surface area contributed by atoms with Crippen LogP contribution in [0.5, 0.6) is 11.5 Å². The molecule has 1 amide bonds. The van der Waals surface area contributed by atoms with Crippen LogP contribution in [0.25, 0.3) is 0 Å². The molecule has 0 saturated heterocycles. The third-order valence-corrected chi connectivity index (χ3v) is 6.07. The second-order valence-corrected chi connectivity index (χ2v) is 9.06. The van der Waals surface area contributed by atoms with Crippen LogP contribution in [-0.4, -0.2) is 46.2 Å². The lowest BCUT2D eigenvalue weighted by Gasteiger charge is -2.14. The molecule has 9 nitrogen and oxygen atoms in total. The van der Waals surface area contributed by atoms with E-state index in [0.717, 1.165) is 5.56 Å². The van der Waals surface area contributed by atoms with E-state index in [9.17, 15) is 18.0 Å². The molecule has 172 valence electrons. The molecule has 1 aliphatic rings. The van der Waals surface area contributed by atoms with E-state index < -0.39 is 28.0 Å². The number of ether oxygens (including phenoxy) is 3. The van der Waals surface area contributed by atoms with E-state index in [0.29, 0.717) is 36.8 Å². The molecule has 10 heteroatoms. The summed E-state index contributed by atoms with van der Waals surface area (Å²) in [5.74, 6) is -0.323. The number of carbonyl (C=O) groups is 2. The van der Waals surface area contributed by atoms with Gasteiger partial charge in [-0.15, -0.1) is 0 Å². The van der Waals surface area contributed by atoms with Crippen molar-refractivity contribution in [2.75, 3.05) is 25.1 Å². The number of hydrogen-bond donors (Lipinski definition) is 2. The summed E-state index contributed by atoms with van der Waals surface area (Å²) in [6, 6.07) is 11.6. The van der Waals surface area contributed by atoms with Gasteiger partial charge in [0.05, 0.1) is 24.5 Å². The quantitative estimate of drug-likeness (QED) is 0.578. The molecular weight excluding hydrogens is 436 g/mol. The van der Waals surface area contributed by atoms with Gasteiger partial charge in [-0.1, -0.05) is 12.1 Å². The van der Waals surface area contributed by atoms with E-state index in [1.54, 1.807) is 18.2 Å². The summed E-state index contributed by atoms with van der Waals surface area (Å²) < 4.78 is 43.5. The molecule has 2 aromatic carbocycles. The van der Waals surface area contributed by atoms with Crippen molar-refractivity contribution in [3.63, 3.8) is 0 Å². The van der Waals surface area contributed by atoms with Crippen molar-refractivity contribution < 1.29 is 32.2 Å². The molecule has 2 aromatic rings. The van der Waals surface area contributed by atoms with Gasteiger partial charge in [-0.3, -0.25) is 9.59 Å². The minimum Gasteiger partial charge on any atom is -0.490 e. The molecule has 0 aliphatic carbocycles. The summed E-state index contributed by atoms with van der Waals surface area (Å²) >= 11 is 0. The van der Waals surface area contributed by atoms with Crippen LogP contribution in [0.15, 0.2) is 47.4 Å². The number of anilines is 1. The Morgan fingerprint density at radius 1 is 1.09 bits per heavy atom. The molecule has 1 heterocycles. The van der Waals surface area contributed by atoms with Gasteiger partial charge in [-0.25, -0.2) is 13.1 Å². The molecule has 0 spiro atoms. The number of benzene rings is 2. The van der Waals surface area contributed by atoms with Crippen molar-refractivity contribution in [3.05, 3.63) is 48.0 Å². The van der Waals surface area contributed by atoms with Gasteiger partial charge in [0.15, 0.2) is 17.6 Å². The number of rotatable bonds is 8. The van der Waals surface area contributed by atoms with Crippen molar-refractivity contribution in [2.24, 2.45) is 0 Å². The largest absolute Gasteiger partial charge is 0.490 e. The van der Waals surface area contributed by atoms with Crippen LogP contribution >= 0.6 is 0 Å². The molecule has 0 radical (unpaired) electrons. The molecular formula is C22H26N2O7S. The summed E-state index contributed by atoms with van der Waals surface area (Å²) in [5.41, 5.74) is 1.58. The second-order valence-electron chi connectivity index (χ2n) is 7.30. The highest BCUT2D eigenvalue weighted by atomic mass is 32.2. The number of nitrogens with one attached hydrogen (secondary N) is 2. The highest BCUT2D eigenvalue weighted by Crippen LogP contribution is 2.31.